The average Bonchev–Trinajstić information content (AvgIpc) is 2.36. The first kappa shape index (κ1) is 15.0. The van der Waals surface area contributed by atoms with Gasteiger partial charge in [-0.1, -0.05) is 19.1 Å². The molecular weight excluding hydrogens is 224 g/mol. The lowest BCUT2D eigenvalue weighted by atomic mass is 10.1. The van der Waals surface area contributed by atoms with Gasteiger partial charge in [-0.05, 0) is 50.6 Å². The predicted molar refractivity (Wildman–Crippen MR) is 77.0 cm³/mol. The third-order valence-corrected chi connectivity index (χ3v) is 3.14. The highest BCUT2D eigenvalue weighted by Gasteiger charge is 2.05. The fourth-order valence-electron chi connectivity index (χ4n) is 2.02. The molecule has 0 saturated carbocycles. The summed E-state index contributed by atoms with van der Waals surface area (Å²) in [7, 11) is 3.86. The third kappa shape index (κ3) is 4.67. The van der Waals surface area contributed by atoms with Crippen LogP contribution in [-0.4, -0.2) is 31.6 Å². The van der Waals surface area contributed by atoms with Crippen molar-refractivity contribution >= 4 is 0 Å². The fraction of sp³-hybridized carbons (Fsp3) is 0.600. The van der Waals surface area contributed by atoms with Gasteiger partial charge < -0.3 is 15.4 Å². The number of rotatable bonds is 7. The molecule has 1 atom stereocenters. The van der Waals surface area contributed by atoms with E-state index in [0.717, 1.165) is 31.7 Å². The Hall–Kier alpha value is -1.06. The minimum Gasteiger partial charge on any atom is -0.496 e. The lowest BCUT2D eigenvalue weighted by molar-refractivity contribution is 0.313. The molecule has 0 aliphatic carbocycles. The number of nitrogens with two attached hydrogens (primary N) is 1. The number of aryl methyl sites for hydroxylation is 1. The highest BCUT2D eigenvalue weighted by atomic mass is 16.5. The minimum atomic E-state index is 0.273. The van der Waals surface area contributed by atoms with Gasteiger partial charge in [-0.15, -0.1) is 0 Å². The molecule has 0 spiro atoms. The monoisotopic (exact) mass is 250 g/mol. The number of ether oxygens (including phenoxy) is 1. The largest absolute Gasteiger partial charge is 0.496 e. The quantitative estimate of drug-likeness (QED) is 0.807. The van der Waals surface area contributed by atoms with E-state index in [0.29, 0.717) is 0 Å². The van der Waals surface area contributed by atoms with Crippen LogP contribution in [0.5, 0.6) is 5.75 Å². The zero-order chi connectivity index (χ0) is 13.5. The second-order valence-electron chi connectivity index (χ2n) is 5.00. The molecule has 0 fully saturated rings. The molecule has 0 radical (unpaired) electrons. The summed E-state index contributed by atoms with van der Waals surface area (Å²) in [5.41, 5.74) is 8.38. The minimum absolute atomic E-state index is 0.273. The SMILES string of the molecule is CCc1cc(CN(C)CCC(C)N)ccc1OC. The molecule has 0 bridgehead atoms. The van der Waals surface area contributed by atoms with Crippen molar-refractivity contribution in [3.63, 3.8) is 0 Å². The smallest absolute Gasteiger partial charge is 0.122 e. The van der Waals surface area contributed by atoms with Crippen LogP contribution in [0.25, 0.3) is 0 Å². The number of methoxy groups -OCH3 is 1. The van der Waals surface area contributed by atoms with Crippen LogP contribution >= 0.6 is 0 Å². The Balaban J connectivity index is 2.61. The van der Waals surface area contributed by atoms with E-state index in [1.165, 1.54) is 11.1 Å². The van der Waals surface area contributed by atoms with E-state index in [1.54, 1.807) is 7.11 Å². The van der Waals surface area contributed by atoms with Crippen molar-refractivity contribution in [1.29, 1.82) is 0 Å². The molecule has 1 aromatic rings. The summed E-state index contributed by atoms with van der Waals surface area (Å²) in [6, 6.07) is 6.71. The van der Waals surface area contributed by atoms with Crippen molar-refractivity contribution in [2.75, 3.05) is 20.7 Å². The highest BCUT2D eigenvalue weighted by Crippen LogP contribution is 2.21. The predicted octanol–water partition coefficient (Wildman–Crippen LogP) is 2.43. The van der Waals surface area contributed by atoms with Crippen molar-refractivity contribution in [3.8, 4) is 5.75 Å². The molecule has 0 aliphatic rings. The zero-order valence-corrected chi connectivity index (χ0v) is 12.1. The van der Waals surface area contributed by atoms with Gasteiger partial charge in [0.2, 0.25) is 0 Å². The van der Waals surface area contributed by atoms with Crippen molar-refractivity contribution in [3.05, 3.63) is 29.3 Å². The van der Waals surface area contributed by atoms with Crippen molar-refractivity contribution in [2.24, 2.45) is 5.73 Å². The lowest BCUT2D eigenvalue weighted by Crippen LogP contribution is -2.25. The van der Waals surface area contributed by atoms with Gasteiger partial charge in [0.05, 0.1) is 7.11 Å². The maximum Gasteiger partial charge on any atom is 0.122 e. The lowest BCUT2D eigenvalue weighted by Gasteiger charge is -2.18. The Bertz CT molecular complexity index is 364. The number of nitrogens with zero attached hydrogens (tertiary/aromatic N) is 1. The molecular formula is C15H26N2O. The first-order chi connectivity index (χ1) is 8.56. The number of hydrogen-bond acceptors (Lipinski definition) is 3. The molecule has 1 unspecified atom stereocenters. The Labute approximate surface area is 111 Å². The van der Waals surface area contributed by atoms with E-state index in [1.807, 2.05) is 0 Å². The summed E-state index contributed by atoms with van der Waals surface area (Å²) in [5.74, 6) is 0.986. The van der Waals surface area contributed by atoms with Gasteiger partial charge in [-0.2, -0.15) is 0 Å². The van der Waals surface area contributed by atoms with Gasteiger partial charge in [0.15, 0.2) is 0 Å². The fourth-order valence-corrected chi connectivity index (χ4v) is 2.02. The van der Waals surface area contributed by atoms with E-state index < -0.39 is 0 Å². The summed E-state index contributed by atoms with van der Waals surface area (Å²) in [4.78, 5) is 2.31. The standard InChI is InChI=1S/C15H26N2O/c1-5-14-10-13(6-7-15(14)18-4)11-17(3)9-8-12(2)16/h6-7,10,12H,5,8-9,11,16H2,1-4H3. The molecule has 0 aromatic heterocycles. The third-order valence-electron chi connectivity index (χ3n) is 3.14. The average molecular weight is 250 g/mol. The number of hydrogen-bond donors (Lipinski definition) is 1. The van der Waals surface area contributed by atoms with Gasteiger partial charge >= 0.3 is 0 Å². The molecule has 0 heterocycles. The van der Waals surface area contributed by atoms with Gasteiger partial charge in [-0.3, -0.25) is 0 Å². The molecule has 1 rings (SSSR count). The maximum atomic E-state index is 5.77. The first-order valence-electron chi connectivity index (χ1n) is 6.66. The van der Waals surface area contributed by atoms with E-state index >= 15 is 0 Å². The molecule has 0 saturated heterocycles. The van der Waals surface area contributed by atoms with E-state index in [4.69, 9.17) is 10.5 Å². The Kier molecular flexibility index (Phi) is 6.16. The van der Waals surface area contributed by atoms with Crippen molar-refractivity contribution in [2.45, 2.75) is 39.3 Å². The van der Waals surface area contributed by atoms with Crippen LogP contribution in [0.2, 0.25) is 0 Å². The van der Waals surface area contributed by atoms with Gasteiger partial charge in [0.1, 0.15) is 5.75 Å². The first-order valence-corrected chi connectivity index (χ1v) is 6.66. The van der Waals surface area contributed by atoms with Crippen LogP contribution < -0.4 is 10.5 Å². The Morgan fingerprint density at radius 3 is 2.67 bits per heavy atom. The summed E-state index contributed by atoms with van der Waals surface area (Å²) in [6.07, 6.45) is 2.04. The summed E-state index contributed by atoms with van der Waals surface area (Å²) in [6.45, 7) is 6.20. The van der Waals surface area contributed by atoms with E-state index in [9.17, 15) is 0 Å². The molecule has 18 heavy (non-hydrogen) atoms. The van der Waals surface area contributed by atoms with Crippen LogP contribution in [0.3, 0.4) is 0 Å². The molecule has 0 aliphatic heterocycles. The highest BCUT2D eigenvalue weighted by molar-refractivity contribution is 5.37. The van der Waals surface area contributed by atoms with Crippen molar-refractivity contribution < 1.29 is 4.74 Å². The topological polar surface area (TPSA) is 38.5 Å². The van der Waals surface area contributed by atoms with Gasteiger partial charge in [-0.25, -0.2) is 0 Å². The van der Waals surface area contributed by atoms with Crippen LogP contribution in [0.15, 0.2) is 18.2 Å². The van der Waals surface area contributed by atoms with Gasteiger partial charge in [0, 0.05) is 12.6 Å². The molecule has 102 valence electrons. The van der Waals surface area contributed by atoms with Crippen LogP contribution in [0.1, 0.15) is 31.4 Å². The maximum absolute atomic E-state index is 5.77. The van der Waals surface area contributed by atoms with Crippen LogP contribution in [0, 0.1) is 0 Å². The molecule has 1 aromatic carbocycles. The molecule has 3 heteroatoms. The second-order valence-corrected chi connectivity index (χ2v) is 5.00. The summed E-state index contributed by atoms with van der Waals surface area (Å²) in [5, 5.41) is 0. The normalized spacial score (nSPS) is 12.8. The van der Waals surface area contributed by atoms with E-state index in [-0.39, 0.29) is 6.04 Å². The number of benzene rings is 1. The Morgan fingerprint density at radius 1 is 1.39 bits per heavy atom. The van der Waals surface area contributed by atoms with Gasteiger partial charge in [0.25, 0.3) is 0 Å². The zero-order valence-electron chi connectivity index (χ0n) is 12.1. The van der Waals surface area contributed by atoms with Crippen LogP contribution in [0.4, 0.5) is 0 Å². The summed E-state index contributed by atoms with van der Waals surface area (Å²) >= 11 is 0. The Morgan fingerprint density at radius 2 is 2.11 bits per heavy atom. The van der Waals surface area contributed by atoms with E-state index in [2.05, 4.69) is 44.0 Å². The van der Waals surface area contributed by atoms with Crippen molar-refractivity contribution in [1.82, 2.24) is 4.90 Å². The summed E-state index contributed by atoms with van der Waals surface area (Å²) < 4.78 is 5.35. The van der Waals surface area contributed by atoms with Crippen LogP contribution in [-0.2, 0) is 13.0 Å². The molecule has 3 nitrogen and oxygen atoms in total. The second kappa shape index (κ2) is 7.39. The molecule has 2 N–H and O–H groups in total. The molecule has 0 amide bonds.